The molecule has 0 spiro atoms. The monoisotopic (exact) mass is 196 g/mol. The molecular weight excluding hydrogens is 178 g/mol. The van der Waals surface area contributed by atoms with Gasteiger partial charge in [0.25, 0.3) is 0 Å². The quantitative estimate of drug-likeness (QED) is 0.368. The van der Waals surface area contributed by atoms with Crippen molar-refractivity contribution in [1.82, 2.24) is 0 Å². The van der Waals surface area contributed by atoms with Crippen molar-refractivity contribution in [3.05, 3.63) is 0 Å². The van der Waals surface area contributed by atoms with E-state index in [9.17, 15) is 0 Å². The molecule has 0 aromatic heterocycles. The molecule has 0 bridgehead atoms. The highest BCUT2D eigenvalue weighted by atomic mass is 31.1. The Kier molecular flexibility index (Phi) is 7.96. The second-order valence-electron chi connectivity index (χ2n) is 2.63. The van der Waals surface area contributed by atoms with Gasteiger partial charge in [-0.15, -0.1) is 18.5 Å². The number of hydrogen-bond donors (Lipinski definition) is 0. The molecule has 0 heterocycles. The first-order valence-corrected chi connectivity index (χ1v) is 5.20. The molecule has 0 amide bonds. The summed E-state index contributed by atoms with van der Waals surface area (Å²) in [6, 6.07) is 0. The molecule has 68 valence electrons. The zero-order valence-corrected chi connectivity index (χ0v) is 9.56. The third-order valence-corrected chi connectivity index (χ3v) is 1.83. The molecule has 0 radical (unpaired) electrons. The van der Waals surface area contributed by atoms with Crippen LogP contribution in [0.5, 0.6) is 0 Å². The minimum absolute atomic E-state index is 0.104. The Hall–Kier alpha value is 0.780. The van der Waals surface area contributed by atoms with E-state index in [4.69, 9.17) is 9.47 Å². The second kappa shape index (κ2) is 7.43. The summed E-state index contributed by atoms with van der Waals surface area (Å²) in [6.07, 6.45) is 1.16. The summed E-state index contributed by atoms with van der Waals surface area (Å²) in [7, 11) is 5.05. The van der Waals surface area contributed by atoms with Crippen LogP contribution in [0.2, 0.25) is 0 Å². The van der Waals surface area contributed by atoms with Gasteiger partial charge in [-0.05, 0) is 5.92 Å². The van der Waals surface area contributed by atoms with Crippen molar-refractivity contribution < 1.29 is 9.47 Å². The van der Waals surface area contributed by atoms with Crippen molar-refractivity contribution in [1.29, 1.82) is 0 Å². The average Bonchev–Trinajstić information content (AvgIpc) is 1.97. The van der Waals surface area contributed by atoms with Gasteiger partial charge in [0.2, 0.25) is 0 Å². The summed E-state index contributed by atoms with van der Waals surface area (Å²) < 4.78 is 10.4. The smallest absolute Gasteiger partial charge is 0.148 e. The van der Waals surface area contributed by atoms with Crippen molar-refractivity contribution in [2.24, 2.45) is 5.92 Å². The molecule has 3 atom stereocenters. The molecule has 3 unspecified atom stereocenters. The van der Waals surface area contributed by atoms with E-state index in [1.54, 1.807) is 0 Å². The molecule has 0 aliphatic carbocycles. The Morgan fingerprint density at radius 3 is 2.45 bits per heavy atom. The van der Waals surface area contributed by atoms with Gasteiger partial charge in [0, 0.05) is 0 Å². The van der Waals surface area contributed by atoms with E-state index < -0.39 is 0 Å². The van der Waals surface area contributed by atoms with Crippen LogP contribution >= 0.6 is 18.5 Å². The lowest BCUT2D eigenvalue weighted by Gasteiger charge is -2.11. The third-order valence-electron chi connectivity index (χ3n) is 1.44. The van der Waals surface area contributed by atoms with Gasteiger partial charge >= 0.3 is 0 Å². The fraction of sp³-hybridized carbons (Fsp3) is 1.00. The number of rotatable bonds is 6. The molecule has 0 N–H and O–H groups in total. The van der Waals surface area contributed by atoms with E-state index in [-0.39, 0.29) is 5.59 Å². The topological polar surface area (TPSA) is 18.5 Å². The van der Waals surface area contributed by atoms with Gasteiger partial charge in [0.15, 0.2) is 0 Å². The maximum absolute atomic E-state index is 5.25. The van der Waals surface area contributed by atoms with Crippen LogP contribution < -0.4 is 0 Å². The normalized spacial score (nSPS) is 13.9. The van der Waals surface area contributed by atoms with Crippen LogP contribution in [0.25, 0.3) is 0 Å². The van der Waals surface area contributed by atoms with Crippen LogP contribution in [0, 0.1) is 5.92 Å². The minimum atomic E-state index is 0.104. The van der Waals surface area contributed by atoms with Crippen molar-refractivity contribution >= 4 is 18.5 Å². The summed E-state index contributed by atoms with van der Waals surface area (Å²) in [5.41, 5.74) is 0.104. The average molecular weight is 196 g/mol. The maximum Gasteiger partial charge on any atom is 0.148 e. The van der Waals surface area contributed by atoms with Gasteiger partial charge in [0.1, 0.15) is 6.79 Å². The molecule has 0 aromatic carbocycles. The molecule has 0 saturated heterocycles. The van der Waals surface area contributed by atoms with Crippen LogP contribution in [-0.4, -0.2) is 19.0 Å². The Morgan fingerprint density at radius 2 is 2.00 bits per heavy atom. The lowest BCUT2D eigenvalue weighted by molar-refractivity contribution is -0.0548. The Labute approximate surface area is 73.8 Å². The van der Waals surface area contributed by atoms with Crippen LogP contribution in [0.3, 0.4) is 0 Å². The van der Waals surface area contributed by atoms with Gasteiger partial charge in [-0.2, -0.15) is 0 Å². The SMILES string of the molecule is CCC(C)COCOC(P)P. The van der Waals surface area contributed by atoms with Gasteiger partial charge in [-0.25, -0.2) is 0 Å². The van der Waals surface area contributed by atoms with Gasteiger partial charge in [-0.3, -0.25) is 0 Å². The van der Waals surface area contributed by atoms with Crippen LogP contribution in [-0.2, 0) is 9.47 Å². The third kappa shape index (κ3) is 8.69. The summed E-state index contributed by atoms with van der Waals surface area (Å²) in [5, 5.41) is 0. The lowest BCUT2D eigenvalue weighted by Crippen LogP contribution is -2.08. The molecule has 2 nitrogen and oxygen atoms in total. The molecule has 0 aliphatic rings. The van der Waals surface area contributed by atoms with E-state index in [0.29, 0.717) is 12.7 Å². The molecule has 0 fully saturated rings. The van der Waals surface area contributed by atoms with E-state index in [2.05, 4.69) is 32.3 Å². The largest absolute Gasteiger partial charge is 0.355 e. The van der Waals surface area contributed by atoms with Gasteiger partial charge < -0.3 is 9.47 Å². The summed E-state index contributed by atoms with van der Waals surface area (Å²) in [6.45, 7) is 5.50. The number of ether oxygens (including phenoxy) is 2. The van der Waals surface area contributed by atoms with Crippen molar-refractivity contribution in [2.45, 2.75) is 25.9 Å². The second-order valence-corrected chi connectivity index (χ2v) is 4.72. The predicted octanol–water partition coefficient (Wildman–Crippen LogP) is 2.06. The fourth-order valence-electron chi connectivity index (χ4n) is 0.494. The zero-order chi connectivity index (χ0) is 8.69. The fourth-order valence-corrected chi connectivity index (χ4v) is 0.651. The standard InChI is InChI=1S/C7H18O2P2/c1-3-6(2)4-8-5-9-7(10)11/h6-7H,3-5,10-11H2,1-2H3. The van der Waals surface area contributed by atoms with Crippen molar-refractivity contribution in [3.63, 3.8) is 0 Å². The van der Waals surface area contributed by atoms with Gasteiger partial charge in [-0.1, -0.05) is 20.3 Å². The Balaban J connectivity index is 3.01. The van der Waals surface area contributed by atoms with Crippen LogP contribution in [0.15, 0.2) is 0 Å². The van der Waals surface area contributed by atoms with E-state index >= 15 is 0 Å². The van der Waals surface area contributed by atoms with Crippen LogP contribution in [0.4, 0.5) is 0 Å². The molecule has 0 rings (SSSR count). The molecular formula is C7H18O2P2. The van der Waals surface area contributed by atoms with Crippen LogP contribution in [0.1, 0.15) is 20.3 Å². The summed E-state index contributed by atoms with van der Waals surface area (Å²) in [5.74, 6) is 0.631. The Bertz CT molecular complexity index is 88.5. The zero-order valence-electron chi connectivity index (χ0n) is 7.25. The first kappa shape index (κ1) is 11.8. The van der Waals surface area contributed by atoms with E-state index in [1.807, 2.05) is 0 Å². The first-order valence-electron chi connectivity index (χ1n) is 3.87. The molecule has 0 aromatic rings. The molecule has 0 saturated carbocycles. The highest BCUT2D eigenvalue weighted by Gasteiger charge is 1.98. The minimum Gasteiger partial charge on any atom is -0.355 e. The predicted molar refractivity (Wildman–Crippen MR) is 54.6 cm³/mol. The lowest BCUT2D eigenvalue weighted by atomic mass is 10.1. The number of hydrogen-bond acceptors (Lipinski definition) is 2. The van der Waals surface area contributed by atoms with Crippen molar-refractivity contribution in [2.75, 3.05) is 13.4 Å². The Morgan fingerprint density at radius 1 is 1.36 bits per heavy atom. The summed E-state index contributed by atoms with van der Waals surface area (Å²) in [4.78, 5) is 0. The first-order chi connectivity index (χ1) is 5.16. The van der Waals surface area contributed by atoms with E-state index in [1.165, 1.54) is 0 Å². The summed E-state index contributed by atoms with van der Waals surface area (Å²) >= 11 is 0. The molecule has 4 heteroatoms. The van der Waals surface area contributed by atoms with Crippen molar-refractivity contribution in [3.8, 4) is 0 Å². The molecule has 11 heavy (non-hydrogen) atoms. The maximum atomic E-state index is 5.25. The van der Waals surface area contributed by atoms with Gasteiger partial charge in [0.05, 0.1) is 12.2 Å². The van der Waals surface area contributed by atoms with E-state index in [0.717, 1.165) is 13.0 Å². The highest BCUT2D eigenvalue weighted by molar-refractivity contribution is 7.37. The highest BCUT2D eigenvalue weighted by Crippen LogP contribution is 2.10. The molecule has 0 aliphatic heterocycles.